The molecule has 2 atom stereocenters. The summed E-state index contributed by atoms with van der Waals surface area (Å²) in [5, 5.41) is 21.7. The van der Waals surface area contributed by atoms with Crippen LogP contribution in [0.3, 0.4) is 0 Å². The van der Waals surface area contributed by atoms with Crippen LogP contribution in [0, 0.1) is 0 Å². The average Bonchev–Trinajstić information content (AvgIpc) is 2.64. The predicted molar refractivity (Wildman–Crippen MR) is 91.6 cm³/mol. The quantitative estimate of drug-likeness (QED) is 0.863. The Morgan fingerprint density at radius 1 is 1.04 bits per heavy atom. The molecule has 0 amide bonds. The second-order valence-electron chi connectivity index (χ2n) is 6.06. The van der Waals surface area contributed by atoms with Gasteiger partial charge in [-0.2, -0.15) is 0 Å². The molecule has 2 N–H and O–H groups in total. The smallest absolute Gasteiger partial charge is 0.160 e. The third-order valence-electron chi connectivity index (χ3n) is 4.46. The minimum atomic E-state index is -1.44. The van der Waals surface area contributed by atoms with Gasteiger partial charge in [-0.15, -0.1) is 0 Å². The first-order valence-electron chi connectivity index (χ1n) is 7.93. The number of ether oxygens (including phenoxy) is 4. The Hall–Kier alpha value is -2.44. The van der Waals surface area contributed by atoms with Gasteiger partial charge in [-0.3, -0.25) is 0 Å². The van der Waals surface area contributed by atoms with Crippen LogP contribution in [-0.4, -0.2) is 43.8 Å². The van der Waals surface area contributed by atoms with Gasteiger partial charge in [0.2, 0.25) is 0 Å². The zero-order valence-electron chi connectivity index (χ0n) is 14.5. The van der Waals surface area contributed by atoms with Crippen LogP contribution in [0.5, 0.6) is 23.0 Å². The van der Waals surface area contributed by atoms with Crippen molar-refractivity contribution in [3.63, 3.8) is 0 Å². The number of methoxy groups -OCH3 is 3. The highest BCUT2D eigenvalue weighted by molar-refractivity contribution is 5.46. The number of rotatable bonds is 5. The molecule has 1 aliphatic rings. The number of hydrogen-bond acceptors (Lipinski definition) is 6. The maximum absolute atomic E-state index is 11.0. The highest BCUT2D eigenvalue weighted by Crippen LogP contribution is 2.41. The lowest BCUT2D eigenvalue weighted by Crippen LogP contribution is -2.47. The molecule has 6 heteroatoms. The number of aliphatic hydroxyl groups excluding tert-OH is 1. The Morgan fingerprint density at radius 2 is 1.80 bits per heavy atom. The fourth-order valence-electron chi connectivity index (χ4n) is 3.06. The molecule has 0 saturated carbocycles. The van der Waals surface area contributed by atoms with Crippen molar-refractivity contribution in [2.75, 3.05) is 27.9 Å². The predicted octanol–water partition coefficient (Wildman–Crippen LogP) is 2.11. The monoisotopic (exact) mass is 346 g/mol. The molecule has 2 aromatic rings. The van der Waals surface area contributed by atoms with Gasteiger partial charge in [0.15, 0.2) is 11.5 Å². The third kappa shape index (κ3) is 3.23. The van der Waals surface area contributed by atoms with E-state index >= 15 is 0 Å². The molecule has 2 aromatic carbocycles. The van der Waals surface area contributed by atoms with E-state index in [2.05, 4.69) is 0 Å². The van der Waals surface area contributed by atoms with Crippen LogP contribution in [0.1, 0.15) is 17.2 Å². The van der Waals surface area contributed by atoms with Gasteiger partial charge in [-0.1, -0.05) is 6.07 Å². The van der Waals surface area contributed by atoms with Crippen molar-refractivity contribution in [1.82, 2.24) is 0 Å². The lowest BCUT2D eigenvalue weighted by atomic mass is 9.84. The highest BCUT2D eigenvalue weighted by Gasteiger charge is 2.42. The normalized spacial score (nSPS) is 21.9. The van der Waals surface area contributed by atoms with E-state index in [0.29, 0.717) is 28.6 Å². The fraction of sp³-hybridized carbons (Fsp3) is 0.368. The van der Waals surface area contributed by atoms with Crippen LogP contribution >= 0.6 is 0 Å². The molecule has 0 spiro atoms. The van der Waals surface area contributed by atoms with Crippen molar-refractivity contribution >= 4 is 0 Å². The molecule has 134 valence electrons. The third-order valence-corrected chi connectivity index (χ3v) is 4.46. The number of fused-ring (bicyclic) bond motifs is 1. The molecule has 0 aliphatic carbocycles. The van der Waals surface area contributed by atoms with E-state index in [0.717, 1.165) is 5.56 Å². The van der Waals surface area contributed by atoms with Gasteiger partial charge < -0.3 is 29.2 Å². The molecule has 0 saturated heterocycles. The van der Waals surface area contributed by atoms with E-state index in [4.69, 9.17) is 18.9 Å². The molecule has 3 rings (SSSR count). The first-order chi connectivity index (χ1) is 12.0. The minimum absolute atomic E-state index is 0.0251. The van der Waals surface area contributed by atoms with E-state index < -0.39 is 11.7 Å². The standard InChI is InChI=1S/C19H22O6/c1-22-13-5-6-14-16(9-13)25-11-19(21,18(14)20)10-12-4-7-15(23-2)17(8-12)24-3/h4-9,18,20-21H,10-11H2,1-3H3/t18-,19-/m1/s1. The summed E-state index contributed by atoms with van der Waals surface area (Å²) in [4.78, 5) is 0. The van der Waals surface area contributed by atoms with Crippen molar-refractivity contribution in [3.05, 3.63) is 47.5 Å². The van der Waals surface area contributed by atoms with Gasteiger partial charge in [0.1, 0.15) is 29.8 Å². The van der Waals surface area contributed by atoms with Crippen molar-refractivity contribution < 1.29 is 29.2 Å². The molecule has 0 radical (unpaired) electrons. The maximum atomic E-state index is 11.0. The Morgan fingerprint density at radius 3 is 2.48 bits per heavy atom. The second-order valence-corrected chi connectivity index (χ2v) is 6.06. The summed E-state index contributed by atoms with van der Waals surface area (Å²) in [5.41, 5.74) is -0.101. The zero-order chi connectivity index (χ0) is 18.0. The Kier molecular flexibility index (Phi) is 4.74. The zero-order valence-corrected chi connectivity index (χ0v) is 14.5. The number of benzene rings is 2. The first kappa shape index (κ1) is 17.4. The summed E-state index contributed by atoms with van der Waals surface area (Å²) < 4.78 is 21.4. The Bertz CT molecular complexity index is 760. The molecule has 0 bridgehead atoms. The number of hydrogen-bond donors (Lipinski definition) is 2. The molecule has 25 heavy (non-hydrogen) atoms. The van der Waals surface area contributed by atoms with Crippen LogP contribution in [0.2, 0.25) is 0 Å². The topological polar surface area (TPSA) is 77.4 Å². The first-order valence-corrected chi connectivity index (χ1v) is 7.93. The highest BCUT2D eigenvalue weighted by atomic mass is 16.5. The van der Waals surface area contributed by atoms with Crippen LogP contribution in [0.4, 0.5) is 0 Å². The summed E-state index contributed by atoms with van der Waals surface area (Å²) >= 11 is 0. The van der Waals surface area contributed by atoms with Crippen LogP contribution in [-0.2, 0) is 6.42 Å². The van der Waals surface area contributed by atoms with Crippen molar-refractivity contribution in [1.29, 1.82) is 0 Å². The molecule has 1 heterocycles. The lowest BCUT2D eigenvalue weighted by molar-refractivity contribution is -0.114. The summed E-state index contributed by atoms with van der Waals surface area (Å²) in [6.45, 7) is -0.0251. The van der Waals surface area contributed by atoms with E-state index in [1.54, 1.807) is 51.7 Å². The van der Waals surface area contributed by atoms with Gasteiger partial charge in [0, 0.05) is 18.1 Å². The summed E-state index contributed by atoms with van der Waals surface area (Å²) in [6, 6.07) is 10.5. The van der Waals surface area contributed by atoms with Crippen molar-refractivity contribution in [2.24, 2.45) is 0 Å². The Balaban J connectivity index is 1.87. The van der Waals surface area contributed by atoms with Gasteiger partial charge in [-0.05, 0) is 29.8 Å². The molecule has 0 fully saturated rings. The Labute approximate surface area is 146 Å². The van der Waals surface area contributed by atoms with Gasteiger partial charge >= 0.3 is 0 Å². The molecule has 0 unspecified atom stereocenters. The van der Waals surface area contributed by atoms with Gasteiger partial charge in [0.05, 0.1) is 21.3 Å². The SMILES string of the molecule is COc1ccc2c(c1)OC[C@](O)(Cc1ccc(OC)c(OC)c1)[C@@H]2O. The van der Waals surface area contributed by atoms with Gasteiger partial charge in [-0.25, -0.2) is 0 Å². The largest absolute Gasteiger partial charge is 0.497 e. The van der Waals surface area contributed by atoms with Crippen LogP contribution in [0.25, 0.3) is 0 Å². The van der Waals surface area contributed by atoms with Crippen molar-refractivity contribution in [3.8, 4) is 23.0 Å². The van der Waals surface area contributed by atoms with E-state index in [-0.39, 0.29) is 13.0 Å². The van der Waals surface area contributed by atoms with E-state index in [1.807, 2.05) is 6.07 Å². The summed E-state index contributed by atoms with van der Waals surface area (Å²) in [5.74, 6) is 2.33. The minimum Gasteiger partial charge on any atom is -0.497 e. The van der Waals surface area contributed by atoms with E-state index in [9.17, 15) is 10.2 Å². The van der Waals surface area contributed by atoms with Gasteiger partial charge in [0.25, 0.3) is 0 Å². The average molecular weight is 346 g/mol. The van der Waals surface area contributed by atoms with E-state index in [1.165, 1.54) is 0 Å². The number of aliphatic hydroxyl groups is 2. The second kappa shape index (κ2) is 6.82. The van der Waals surface area contributed by atoms with Crippen molar-refractivity contribution in [2.45, 2.75) is 18.1 Å². The summed E-state index contributed by atoms with van der Waals surface area (Å²) in [7, 11) is 4.68. The summed E-state index contributed by atoms with van der Waals surface area (Å²) in [6.07, 6.45) is -0.866. The maximum Gasteiger partial charge on any atom is 0.160 e. The van der Waals surface area contributed by atoms with Crippen LogP contribution in [0.15, 0.2) is 36.4 Å². The molecule has 1 aliphatic heterocycles. The molecule has 6 nitrogen and oxygen atoms in total. The lowest BCUT2D eigenvalue weighted by Gasteiger charge is -2.38. The van der Waals surface area contributed by atoms with Crippen LogP contribution < -0.4 is 18.9 Å². The molecule has 0 aromatic heterocycles. The molecular weight excluding hydrogens is 324 g/mol. The molecular formula is C19H22O6. The fourth-order valence-corrected chi connectivity index (χ4v) is 3.06.